The van der Waals surface area contributed by atoms with Gasteiger partial charge in [-0.2, -0.15) is 0 Å². The number of pyridine rings is 1. The van der Waals surface area contributed by atoms with Crippen molar-refractivity contribution < 1.29 is 24.5 Å². The third-order valence-electron chi connectivity index (χ3n) is 2.28. The summed E-state index contributed by atoms with van der Waals surface area (Å²) in [5, 5.41) is 20.3. The maximum absolute atomic E-state index is 11.9. The van der Waals surface area contributed by atoms with Crippen molar-refractivity contribution in [3.8, 4) is 5.75 Å². The Balaban J connectivity index is 2.90. The lowest BCUT2D eigenvalue weighted by molar-refractivity contribution is -0.141. The molecule has 0 spiro atoms. The second kappa shape index (κ2) is 5.97. The molecule has 0 fully saturated rings. The summed E-state index contributed by atoms with van der Waals surface area (Å²) in [4.78, 5) is 26.5. The van der Waals surface area contributed by atoms with Crippen molar-refractivity contribution in [3.05, 3.63) is 24.0 Å². The number of rotatable bonds is 5. The number of carboxylic acids is 1. The molecular weight excluding hydrogens is 240 g/mol. The van der Waals surface area contributed by atoms with E-state index >= 15 is 0 Å². The molecule has 0 radical (unpaired) electrons. The molecule has 0 bridgehead atoms. The lowest BCUT2D eigenvalue weighted by Crippen LogP contribution is -2.47. The summed E-state index contributed by atoms with van der Waals surface area (Å²) in [5.41, 5.74) is 0.152. The van der Waals surface area contributed by atoms with E-state index in [1.807, 2.05) is 0 Å². The number of hydrogen-bond acceptors (Lipinski definition) is 5. The summed E-state index contributed by atoms with van der Waals surface area (Å²) in [6.07, 6.45) is 1.52. The third-order valence-corrected chi connectivity index (χ3v) is 2.28. The maximum Gasteiger partial charge on any atom is 0.328 e. The summed E-state index contributed by atoms with van der Waals surface area (Å²) in [6, 6.07) is 0.0186. The summed E-state index contributed by atoms with van der Waals surface area (Å²) < 4.78 is 4.94. The van der Waals surface area contributed by atoms with Crippen LogP contribution in [0.15, 0.2) is 18.5 Å². The van der Waals surface area contributed by atoms with Gasteiger partial charge in [0.15, 0.2) is 6.04 Å². The Kier molecular flexibility index (Phi) is 4.61. The molecule has 1 heterocycles. The molecule has 1 aromatic rings. The number of nitrogens with one attached hydrogen (secondary N) is 1. The molecule has 0 aliphatic carbocycles. The topological polar surface area (TPSA) is 109 Å². The van der Waals surface area contributed by atoms with Crippen LogP contribution in [0.4, 0.5) is 0 Å². The van der Waals surface area contributed by atoms with E-state index in [-0.39, 0.29) is 11.3 Å². The highest BCUT2D eigenvalue weighted by atomic mass is 16.5. The summed E-state index contributed by atoms with van der Waals surface area (Å²) in [5.74, 6) is -1.74. The van der Waals surface area contributed by atoms with Gasteiger partial charge in [0.1, 0.15) is 5.75 Å². The fourth-order valence-corrected chi connectivity index (χ4v) is 1.34. The monoisotopic (exact) mass is 254 g/mol. The minimum Gasteiger partial charge on any atom is -0.494 e. The van der Waals surface area contributed by atoms with Crippen LogP contribution < -0.4 is 10.1 Å². The average molecular weight is 254 g/mol. The van der Waals surface area contributed by atoms with Crippen molar-refractivity contribution in [1.82, 2.24) is 10.3 Å². The number of aliphatic hydroxyl groups excluding tert-OH is 1. The predicted octanol–water partition coefficient (Wildman–Crippen LogP) is -0.346. The number of carbonyl (C=O) groups is 2. The number of aliphatic hydroxyl groups is 1. The standard InChI is InChI=1S/C11H14N2O5/c1-6(14)9(11(16)17)13-10(15)7-3-4-12-5-8(7)18-2/h3-6,9,14H,1-2H3,(H,13,15)(H,16,17)/t6-,9+/m1/s1. The predicted molar refractivity (Wildman–Crippen MR) is 61.4 cm³/mol. The van der Waals surface area contributed by atoms with Gasteiger partial charge < -0.3 is 20.3 Å². The molecule has 0 unspecified atom stereocenters. The van der Waals surface area contributed by atoms with Gasteiger partial charge in [0.25, 0.3) is 5.91 Å². The number of nitrogens with zero attached hydrogens (tertiary/aromatic N) is 1. The van der Waals surface area contributed by atoms with E-state index in [1.54, 1.807) is 0 Å². The first-order chi connectivity index (χ1) is 8.47. The van der Waals surface area contributed by atoms with Gasteiger partial charge in [-0.3, -0.25) is 9.78 Å². The van der Waals surface area contributed by atoms with E-state index in [0.717, 1.165) is 0 Å². The minimum atomic E-state index is -1.38. The molecule has 1 amide bonds. The first-order valence-corrected chi connectivity index (χ1v) is 5.17. The van der Waals surface area contributed by atoms with E-state index in [1.165, 1.54) is 32.5 Å². The van der Waals surface area contributed by atoms with Crippen LogP contribution >= 0.6 is 0 Å². The zero-order valence-electron chi connectivity index (χ0n) is 9.95. The Bertz CT molecular complexity index is 447. The first kappa shape index (κ1) is 13.9. The molecule has 1 rings (SSSR count). The number of hydrogen-bond donors (Lipinski definition) is 3. The van der Waals surface area contributed by atoms with E-state index in [4.69, 9.17) is 9.84 Å². The number of aliphatic carboxylic acids is 1. The van der Waals surface area contributed by atoms with Crippen LogP contribution in [0.1, 0.15) is 17.3 Å². The number of ether oxygens (including phenoxy) is 1. The summed E-state index contributed by atoms with van der Waals surface area (Å²) in [7, 11) is 1.37. The summed E-state index contributed by atoms with van der Waals surface area (Å²) in [6.45, 7) is 1.28. The largest absolute Gasteiger partial charge is 0.494 e. The SMILES string of the molecule is COc1cnccc1C(=O)N[C@H](C(=O)O)[C@@H](C)O. The van der Waals surface area contributed by atoms with Gasteiger partial charge in [0, 0.05) is 6.20 Å². The Hall–Kier alpha value is -2.15. The number of methoxy groups -OCH3 is 1. The van der Waals surface area contributed by atoms with Crippen molar-refractivity contribution in [3.63, 3.8) is 0 Å². The lowest BCUT2D eigenvalue weighted by Gasteiger charge is -2.17. The first-order valence-electron chi connectivity index (χ1n) is 5.17. The molecule has 7 heteroatoms. The van der Waals surface area contributed by atoms with Crippen LogP contribution in [0.2, 0.25) is 0 Å². The molecule has 18 heavy (non-hydrogen) atoms. The van der Waals surface area contributed by atoms with Crippen LogP contribution in [0.3, 0.4) is 0 Å². The van der Waals surface area contributed by atoms with E-state index in [2.05, 4.69) is 10.3 Å². The highest BCUT2D eigenvalue weighted by Gasteiger charge is 2.26. The van der Waals surface area contributed by atoms with Gasteiger partial charge in [0.05, 0.1) is 25.0 Å². The molecule has 3 N–H and O–H groups in total. The third kappa shape index (κ3) is 3.17. The molecule has 0 aliphatic rings. The van der Waals surface area contributed by atoms with Gasteiger partial charge >= 0.3 is 5.97 Å². The number of amides is 1. The van der Waals surface area contributed by atoms with Crippen molar-refractivity contribution in [1.29, 1.82) is 0 Å². The Morgan fingerprint density at radius 1 is 1.50 bits per heavy atom. The Labute approximate surface area is 103 Å². The molecule has 0 saturated heterocycles. The van der Waals surface area contributed by atoms with Crippen LogP contribution in [0.25, 0.3) is 0 Å². The Morgan fingerprint density at radius 3 is 2.67 bits per heavy atom. The zero-order valence-corrected chi connectivity index (χ0v) is 9.95. The molecule has 1 aromatic heterocycles. The summed E-state index contributed by atoms with van der Waals surface area (Å²) >= 11 is 0. The Morgan fingerprint density at radius 2 is 2.17 bits per heavy atom. The van der Waals surface area contributed by atoms with Crippen molar-refractivity contribution in [2.45, 2.75) is 19.1 Å². The molecular formula is C11H14N2O5. The second-order valence-electron chi connectivity index (χ2n) is 3.61. The maximum atomic E-state index is 11.9. The molecule has 98 valence electrons. The van der Waals surface area contributed by atoms with Crippen LogP contribution in [-0.4, -0.2) is 46.3 Å². The smallest absolute Gasteiger partial charge is 0.328 e. The minimum absolute atomic E-state index is 0.152. The van der Waals surface area contributed by atoms with Crippen LogP contribution in [0, 0.1) is 0 Å². The zero-order chi connectivity index (χ0) is 13.7. The van der Waals surface area contributed by atoms with E-state index in [9.17, 15) is 14.7 Å². The van der Waals surface area contributed by atoms with Crippen LogP contribution in [0.5, 0.6) is 5.75 Å². The normalized spacial score (nSPS) is 13.5. The van der Waals surface area contributed by atoms with E-state index in [0.29, 0.717) is 0 Å². The highest BCUT2D eigenvalue weighted by Crippen LogP contribution is 2.15. The van der Waals surface area contributed by atoms with Crippen molar-refractivity contribution in [2.24, 2.45) is 0 Å². The van der Waals surface area contributed by atoms with Gasteiger partial charge in [0.2, 0.25) is 0 Å². The van der Waals surface area contributed by atoms with E-state index < -0.39 is 24.0 Å². The molecule has 2 atom stereocenters. The van der Waals surface area contributed by atoms with Crippen molar-refractivity contribution >= 4 is 11.9 Å². The van der Waals surface area contributed by atoms with Gasteiger partial charge in [-0.1, -0.05) is 0 Å². The van der Waals surface area contributed by atoms with Gasteiger partial charge in [-0.15, -0.1) is 0 Å². The molecule has 0 aliphatic heterocycles. The molecule has 0 saturated carbocycles. The van der Waals surface area contributed by atoms with Gasteiger partial charge in [-0.25, -0.2) is 4.79 Å². The number of carbonyl (C=O) groups excluding carboxylic acids is 1. The second-order valence-corrected chi connectivity index (χ2v) is 3.61. The average Bonchev–Trinajstić information content (AvgIpc) is 2.34. The molecule has 7 nitrogen and oxygen atoms in total. The number of aromatic nitrogens is 1. The van der Waals surface area contributed by atoms with Crippen molar-refractivity contribution in [2.75, 3.05) is 7.11 Å². The fraction of sp³-hybridized carbons (Fsp3) is 0.364. The van der Waals surface area contributed by atoms with Gasteiger partial charge in [-0.05, 0) is 13.0 Å². The lowest BCUT2D eigenvalue weighted by atomic mass is 10.1. The van der Waals surface area contributed by atoms with Crippen LogP contribution in [-0.2, 0) is 4.79 Å². The molecule has 0 aromatic carbocycles. The highest BCUT2D eigenvalue weighted by molar-refractivity contribution is 5.98. The quantitative estimate of drug-likeness (QED) is 0.663. The fourth-order valence-electron chi connectivity index (χ4n) is 1.34. The number of carboxylic acid groups (broad SMARTS) is 1.